The van der Waals surface area contributed by atoms with Gasteiger partial charge < -0.3 is 5.32 Å². The van der Waals surface area contributed by atoms with E-state index in [0.717, 1.165) is 20.9 Å². The molecule has 0 unspecified atom stereocenters. The molecule has 2 heterocycles. The number of nitro groups is 1. The number of nitrogens with one attached hydrogen (secondary N) is 1. The molecule has 0 saturated carbocycles. The van der Waals surface area contributed by atoms with Gasteiger partial charge in [0.25, 0.3) is 5.69 Å². The Morgan fingerprint density at radius 3 is 2.52 bits per heavy atom. The van der Waals surface area contributed by atoms with Crippen LogP contribution in [0.4, 0.5) is 11.4 Å². The van der Waals surface area contributed by atoms with Crippen LogP contribution in [0.2, 0.25) is 0 Å². The van der Waals surface area contributed by atoms with Crippen molar-refractivity contribution < 1.29 is 9.72 Å². The standard InChI is InChI=1S/C21H14N4O3S/c26-19(12-5-14-3-10-17(11-4-14)25(27)28)23-16-8-6-15(7-9-16)20-24-18-2-1-13-22-21(18)29-20/h1-13H,(H,23,26)/b12-5+. The van der Waals surface area contributed by atoms with E-state index in [1.54, 1.807) is 24.4 Å². The van der Waals surface area contributed by atoms with Crippen LogP contribution >= 0.6 is 11.3 Å². The smallest absolute Gasteiger partial charge is 0.269 e. The number of carbonyl (C=O) groups excluding carboxylic acids is 1. The third kappa shape index (κ3) is 4.33. The van der Waals surface area contributed by atoms with Crippen molar-refractivity contribution in [3.63, 3.8) is 0 Å². The molecule has 0 aliphatic carbocycles. The van der Waals surface area contributed by atoms with Crippen LogP contribution in [0.15, 0.2) is 72.9 Å². The Morgan fingerprint density at radius 2 is 1.83 bits per heavy atom. The zero-order valence-corrected chi connectivity index (χ0v) is 15.8. The summed E-state index contributed by atoms with van der Waals surface area (Å²) in [6.07, 6.45) is 4.73. The summed E-state index contributed by atoms with van der Waals surface area (Å²) in [4.78, 5) is 32.1. The first-order valence-corrected chi connectivity index (χ1v) is 9.46. The number of hydrogen-bond donors (Lipinski definition) is 1. The topological polar surface area (TPSA) is 98.0 Å². The Bertz CT molecular complexity index is 1180. The lowest BCUT2D eigenvalue weighted by Gasteiger charge is -2.03. The van der Waals surface area contributed by atoms with E-state index in [-0.39, 0.29) is 11.6 Å². The fourth-order valence-corrected chi connectivity index (χ4v) is 3.57. The maximum absolute atomic E-state index is 12.1. The Kier molecular flexibility index (Phi) is 5.08. The highest BCUT2D eigenvalue weighted by molar-refractivity contribution is 7.21. The second-order valence-corrected chi connectivity index (χ2v) is 7.07. The quantitative estimate of drug-likeness (QED) is 0.290. The van der Waals surface area contributed by atoms with Crippen LogP contribution in [0.25, 0.3) is 27.0 Å². The van der Waals surface area contributed by atoms with Crippen LogP contribution in [0, 0.1) is 10.1 Å². The van der Waals surface area contributed by atoms with Crippen LogP contribution < -0.4 is 5.32 Å². The number of thiazole rings is 1. The average molecular weight is 402 g/mol. The largest absolute Gasteiger partial charge is 0.323 e. The highest BCUT2D eigenvalue weighted by Gasteiger charge is 2.07. The Hall–Kier alpha value is -3.91. The number of amides is 1. The third-order valence-corrected chi connectivity index (χ3v) is 5.13. The van der Waals surface area contributed by atoms with Crippen LogP contribution in [0.1, 0.15) is 5.56 Å². The predicted octanol–water partition coefficient (Wildman–Crippen LogP) is 4.92. The van der Waals surface area contributed by atoms with Crippen LogP contribution in [0.5, 0.6) is 0 Å². The van der Waals surface area contributed by atoms with Gasteiger partial charge in [0.2, 0.25) is 5.91 Å². The monoisotopic (exact) mass is 402 g/mol. The molecule has 1 amide bonds. The van der Waals surface area contributed by atoms with Gasteiger partial charge in [-0.05, 0) is 60.2 Å². The average Bonchev–Trinajstić information content (AvgIpc) is 3.17. The van der Waals surface area contributed by atoms with Gasteiger partial charge in [-0.1, -0.05) is 11.3 Å². The molecular weight excluding hydrogens is 388 g/mol. The van der Waals surface area contributed by atoms with E-state index in [1.807, 2.05) is 36.4 Å². The minimum Gasteiger partial charge on any atom is -0.323 e. The van der Waals surface area contributed by atoms with E-state index in [4.69, 9.17) is 0 Å². The van der Waals surface area contributed by atoms with Gasteiger partial charge >= 0.3 is 0 Å². The summed E-state index contributed by atoms with van der Waals surface area (Å²) >= 11 is 1.52. The number of aromatic nitrogens is 2. The molecule has 4 rings (SSSR count). The van der Waals surface area contributed by atoms with Gasteiger partial charge in [0.05, 0.1) is 4.92 Å². The lowest BCUT2D eigenvalue weighted by atomic mass is 10.2. The van der Waals surface area contributed by atoms with E-state index in [2.05, 4.69) is 15.3 Å². The van der Waals surface area contributed by atoms with Crippen molar-refractivity contribution in [2.45, 2.75) is 0 Å². The number of benzene rings is 2. The highest BCUT2D eigenvalue weighted by atomic mass is 32.1. The number of rotatable bonds is 5. The van der Waals surface area contributed by atoms with Crippen molar-refractivity contribution in [2.24, 2.45) is 0 Å². The van der Waals surface area contributed by atoms with Gasteiger partial charge in [0.15, 0.2) is 0 Å². The molecule has 7 nitrogen and oxygen atoms in total. The fraction of sp³-hybridized carbons (Fsp3) is 0. The summed E-state index contributed by atoms with van der Waals surface area (Å²) in [6, 6.07) is 17.2. The first-order chi connectivity index (χ1) is 14.1. The van der Waals surface area contributed by atoms with Crippen molar-refractivity contribution in [1.29, 1.82) is 0 Å². The van der Waals surface area contributed by atoms with Gasteiger partial charge in [-0.15, -0.1) is 0 Å². The number of anilines is 1. The molecule has 0 spiro atoms. The number of nitro benzene ring substituents is 1. The molecule has 8 heteroatoms. The van der Waals surface area contributed by atoms with Crippen molar-refractivity contribution in [3.05, 3.63) is 88.6 Å². The fourth-order valence-electron chi connectivity index (χ4n) is 2.65. The van der Waals surface area contributed by atoms with Crippen LogP contribution in [-0.4, -0.2) is 20.8 Å². The summed E-state index contributed by atoms with van der Waals surface area (Å²) in [6.45, 7) is 0. The molecule has 142 valence electrons. The Morgan fingerprint density at radius 1 is 1.07 bits per heavy atom. The summed E-state index contributed by atoms with van der Waals surface area (Å²) in [5, 5.41) is 14.3. The lowest BCUT2D eigenvalue weighted by molar-refractivity contribution is -0.384. The maximum Gasteiger partial charge on any atom is 0.269 e. The summed E-state index contributed by atoms with van der Waals surface area (Å²) < 4.78 is 0. The second kappa shape index (κ2) is 7.99. The maximum atomic E-state index is 12.1. The van der Waals surface area contributed by atoms with E-state index in [1.165, 1.54) is 29.5 Å². The third-order valence-electron chi connectivity index (χ3n) is 4.10. The molecule has 0 radical (unpaired) electrons. The molecule has 0 atom stereocenters. The lowest BCUT2D eigenvalue weighted by Crippen LogP contribution is -2.07. The zero-order valence-electron chi connectivity index (χ0n) is 15.0. The molecule has 2 aromatic heterocycles. The molecule has 0 fully saturated rings. The Balaban J connectivity index is 1.41. The first-order valence-electron chi connectivity index (χ1n) is 8.64. The zero-order chi connectivity index (χ0) is 20.2. The molecular formula is C21H14N4O3S. The van der Waals surface area contributed by atoms with Gasteiger partial charge in [0, 0.05) is 35.7 Å². The van der Waals surface area contributed by atoms with E-state index >= 15 is 0 Å². The molecule has 0 bridgehead atoms. The molecule has 4 aromatic rings. The van der Waals surface area contributed by atoms with Crippen LogP contribution in [0.3, 0.4) is 0 Å². The Labute approximate surface area is 169 Å². The van der Waals surface area contributed by atoms with Crippen molar-refractivity contribution in [3.8, 4) is 10.6 Å². The van der Waals surface area contributed by atoms with Gasteiger partial charge in [-0.3, -0.25) is 14.9 Å². The molecule has 0 saturated heterocycles. The molecule has 1 N–H and O–H groups in total. The molecule has 0 aliphatic heterocycles. The number of pyridine rings is 1. The number of fused-ring (bicyclic) bond motifs is 1. The van der Waals surface area contributed by atoms with E-state index < -0.39 is 4.92 Å². The molecule has 0 aliphatic rings. The number of carbonyl (C=O) groups is 1. The first kappa shape index (κ1) is 18.5. The number of non-ortho nitro benzene ring substituents is 1. The predicted molar refractivity (Wildman–Crippen MR) is 114 cm³/mol. The SMILES string of the molecule is O=C(/C=C/c1ccc([N+](=O)[O-])cc1)Nc1ccc(-c2nc3cccnc3s2)cc1. The number of nitrogens with zero attached hydrogens (tertiary/aromatic N) is 3. The summed E-state index contributed by atoms with van der Waals surface area (Å²) in [5.41, 5.74) is 3.18. The van der Waals surface area contributed by atoms with Gasteiger partial charge in [-0.2, -0.15) is 0 Å². The van der Waals surface area contributed by atoms with E-state index in [9.17, 15) is 14.9 Å². The molecule has 29 heavy (non-hydrogen) atoms. The summed E-state index contributed by atoms with van der Waals surface area (Å²) in [5.74, 6) is -0.291. The number of hydrogen-bond acceptors (Lipinski definition) is 6. The van der Waals surface area contributed by atoms with Crippen molar-refractivity contribution >= 4 is 45.0 Å². The minimum atomic E-state index is -0.464. The molecule has 2 aromatic carbocycles. The van der Waals surface area contributed by atoms with Crippen LogP contribution in [-0.2, 0) is 4.79 Å². The van der Waals surface area contributed by atoms with Gasteiger partial charge in [0.1, 0.15) is 15.4 Å². The van der Waals surface area contributed by atoms with Gasteiger partial charge in [-0.25, -0.2) is 9.97 Å². The summed E-state index contributed by atoms with van der Waals surface area (Å²) in [7, 11) is 0. The highest BCUT2D eigenvalue weighted by Crippen LogP contribution is 2.29. The normalized spacial score (nSPS) is 11.0. The minimum absolute atomic E-state index is 0.00981. The second-order valence-electron chi connectivity index (χ2n) is 6.10. The van der Waals surface area contributed by atoms with E-state index in [0.29, 0.717) is 11.3 Å². The van der Waals surface area contributed by atoms with Crippen molar-refractivity contribution in [2.75, 3.05) is 5.32 Å². The van der Waals surface area contributed by atoms with Crippen molar-refractivity contribution in [1.82, 2.24) is 9.97 Å².